The zero-order valence-electron chi connectivity index (χ0n) is 20.5. The van der Waals surface area contributed by atoms with E-state index in [9.17, 15) is 0 Å². The van der Waals surface area contributed by atoms with Gasteiger partial charge in [0.25, 0.3) is 0 Å². The number of anilines is 1. The molecule has 3 atom stereocenters. The summed E-state index contributed by atoms with van der Waals surface area (Å²) in [6.07, 6.45) is 7.74. The second-order valence-corrected chi connectivity index (χ2v) is 9.76. The number of para-hydroxylation sites is 1. The molecule has 6 rings (SSSR count). The Kier molecular flexibility index (Phi) is 6.13. The Morgan fingerprint density at radius 1 is 0.889 bits per heavy atom. The van der Waals surface area contributed by atoms with E-state index in [2.05, 4.69) is 97.2 Å². The summed E-state index contributed by atoms with van der Waals surface area (Å²) in [6.45, 7) is 2.66. The van der Waals surface area contributed by atoms with E-state index in [1.807, 2.05) is 30.5 Å². The number of nitrogens with zero attached hydrogens (tertiary/aromatic N) is 1. The van der Waals surface area contributed by atoms with Crippen LogP contribution in [0, 0.1) is 12.8 Å². The van der Waals surface area contributed by atoms with Crippen LogP contribution in [0.2, 0.25) is 0 Å². The number of ether oxygens (including phenoxy) is 1. The SMILES string of the molecule is Cc1ccc(COc2ccc(C=Nc3ccc([C@@H]4Nc5ccccc5[C@@H]5C=CC[C@H]54)cc3)cc2)cc1. The van der Waals surface area contributed by atoms with E-state index in [-0.39, 0.29) is 0 Å². The van der Waals surface area contributed by atoms with Crippen molar-refractivity contribution in [2.75, 3.05) is 5.32 Å². The van der Waals surface area contributed by atoms with E-state index >= 15 is 0 Å². The first kappa shape index (κ1) is 22.4. The van der Waals surface area contributed by atoms with Gasteiger partial charge in [0.15, 0.2) is 0 Å². The van der Waals surface area contributed by atoms with E-state index in [0.29, 0.717) is 24.5 Å². The summed E-state index contributed by atoms with van der Waals surface area (Å²) in [5.41, 5.74) is 8.42. The standard InChI is InChI=1S/C33H30N2O/c1-23-9-11-25(12-10-23)22-36-28-19-13-24(14-20-28)21-34-27-17-15-26(16-18-27)33-31-7-4-6-29(31)30-5-2-3-8-32(30)35-33/h2-6,8-21,29,31,33,35H,7,22H2,1H3/t29-,31+,33-/m0/s1. The van der Waals surface area contributed by atoms with Crippen LogP contribution in [-0.4, -0.2) is 6.21 Å². The maximum atomic E-state index is 5.92. The number of nitrogens with one attached hydrogen (secondary N) is 1. The van der Waals surface area contributed by atoms with Crippen molar-refractivity contribution < 1.29 is 4.74 Å². The Morgan fingerprint density at radius 3 is 2.47 bits per heavy atom. The molecule has 1 aliphatic heterocycles. The summed E-state index contributed by atoms with van der Waals surface area (Å²) in [4.78, 5) is 4.70. The summed E-state index contributed by atoms with van der Waals surface area (Å²) >= 11 is 0. The molecule has 4 aromatic rings. The third kappa shape index (κ3) is 4.70. The van der Waals surface area contributed by atoms with Crippen molar-refractivity contribution in [2.45, 2.75) is 31.9 Å². The quantitative estimate of drug-likeness (QED) is 0.228. The van der Waals surface area contributed by atoms with Crippen molar-refractivity contribution in [3.05, 3.63) is 137 Å². The molecule has 0 saturated carbocycles. The number of benzene rings is 4. The average molecular weight is 471 g/mol. The van der Waals surface area contributed by atoms with Crippen LogP contribution in [0.4, 0.5) is 11.4 Å². The van der Waals surface area contributed by atoms with Crippen molar-refractivity contribution in [3.63, 3.8) is 0 Å². The molecular weight excluding hydrogens is 440 g/mol. The van der Waals surface area contributed by atoms with Gasteiger partial charge in [-0.3, -0.25) is 4.99 Å². The Morgan fingerprint density at radius 2 is 1.67 bits per heavy atom. The molecule has 36 heavy (non-hydrogen) atoms. The number of aliphatic imine (C=N–C) groups is 1. The average Bonchev–Trinajstić information content (AvgIpc) is 3.43. The van der Waals surface area contributed by atoms with Gasteiger partial charge < -0.3 is 10.1 Å². The molecule has 1 heterocycles. The van der Waals surface area contributed by atoms with Gasteiger partial charge in [-0.1, -0.05) is 72.3 Å². The third-order valence-corrected chi connectivity index (χ3v) is 7.29. The van der Waals surface area contributed by atoms with Crippen LogP contribution in [0.15, 0.2) is 114 Å². The minimum Gasteiger partial charge on any atom is -0.489 e. The van der Waals surface area contributed by atoms with Crippen LogP contribution >= 0.6 is 0 Å². The molecule has 3 nitrogen and oxygen atoms in total. The third-order valence-electron chi connectivity index (χ3n) is 7.29. The van der Waals surface area contributed by atoms with Crippen LogP contribution in [0.3, 0.4) is 0 Å². The van der Waals surface area contributed by atoms with E-state index in [0.717, 1.165) is 23.4 Å². The largest absolute Gasteiger partial charge is 0.489 e. The van der Waals surface area contributed by atoms with Gasteiger partial charge >= 0.3 is 0 Å². The van der Waals surface area contributed by atoms with Crippen molar-refractivity contribution in [1.82, 2.24) is 0 Å². The minimum absolute atomic E-state index is 0.311. The normalized spacial score (nSPS) is 20.1. The van der Waals surface area contributed by atoms with E-state index in [4.69, 9.17) is 9.73 Å². The van der Waals surface area contributed by atoms with Crippen molar-refractivity contribution in [1.29, 1.82) is 0 Å². The molecule has 0 aromatic heterocycles. The highest BCUT2D eigenvalue weighted by Gasteiger charge is 2.37. The lowest BCUT2D eigenvalue weighted by Gasteiger charge is -2.37. The van der Waals surface area contributed by atoms with Gasteiger partial charge in [0.05, 0.1) is 11.7 Å². The van der Waals surface area contributed by atoms with Crippen molar-refractivity contribution in [2.24, 2.45) is 10.9 Å². The molecule has 2 aliphatic rings. The van der Waals surface area contributed by atoms with Gasteiger partial charge in [-0.25, -0.2) is 0 Å². The summed E-state index contributed by atoms with van der Waals surface area (Å²) in [7, 11) is 0. The van der Waals surface area contributed by atoms with Crippen LogP contribution in [0.5, 0.6) is 5.75 Å². The highest BCUT2D eigenvalue weighted by molar-refractivity contribution is 5.82. The Bertz CT molecular complexity index is 1390. The zero-order valence-corrected chi connectivity index (χ0v) is 20.5. The number of hydrogen-bond donors (Lipinski definition) is 1. The molecule has 0 bridgehead atoms. The molecule has 0 spiro atoms. The lowest BCUT2D eigenvalue weighted by molar-refractivity contribution is 0.306. The number of aryl methyl sites for hydroxylation is 1. The minimum atomic E-state index is 0.311. The molecule has 0 fully saturated rings. The molecule has 1 N–H and O–H groups in total. The molecule has 0 saturated heterocycles. The second-order valence-electron chi connectivity index (χ2n) is 9.76. The van der Waals surface area contributed by atoms with Gasteiger partial charge in [0.1, 0.15) is 12.4 Å². The number of fused-ring (bicyclic) bond motifs is 3. The fourth-order valence-corrected chi connectivity index (χ4v) is 5.29. The highest BCUT2D eigenvalue weighted by Crippen LogP contribution is 2.49. The first-order valence-corrected chi connectivity index (χ1v) is 12.7. The molecule has 4 aromatic carbocycles. The van der Waals surface area contributed by atoms with Gasteiger partial charge in [-0.15, -0.1) is 0 Å². The Labute approximate surface area is 213 Å². The van der Waals surface area contributed by atoms with Crippen LogP contribution in [0.1, 0.15) is 46.2 Å². The smallest absolute Gasteiger partial charge is 0.119 e. The van der Waals surface area contributed by atoms with Crippen LogP contribution in [0.25, 0.3) is 0 Å². The topological polar surface area (TPSA) is 33.6 Å². The molecule has 1 aliphatic carbocycles. The second kappa shape index (κ2) is 9.87. The lowest BCUT2D eigenvalue weighted by Crippen LogP contribution is -2.28. The number of hydrogen-bond acceptors (Lipinski definition) is 3. The van der Waals surface area contributed by atoms with Crippen molar-refractivity contribution >= 4 is 17.6 Å². The molecule has 3 heteroatoms. The van der Waals surface area contributed by atoms with Gasteiger partial charge in [-0.05, 0) is 84.0 Å². The zero-order chi connectivity index (χ0) is 24.3. The van der Waals surface area contributed by atoms with Gasteiger partial charge in [0.2, 0.25) is 0 Å². The van der Waals surface area contributed by atoms with Gasteiger partial charge in [0, 0.05) is 17.8 Å². The fourth-order valence-electron chi connectivity index (χ4n) is 5.29. The maximum Gasteiger partial charge on any atom is 0.119 e. The monoisotopic (exact) mass is 470 g/mol. The Balaban J connectivity index is 1.10. The number of allylic oxidation sites excluding steroid dienone is 2. The summed E-state index contributed by atoms with van der Waals surface area (Å²) < 4.78 is 5.92. The van der Waals surface area contributed by atoms with Crippen LogP contribution in [-0.2, 0) is 6.61 Å². The molecule has 0 amide bonds. The predicted molar refractivity (Wildman–Crippen MR) is 148 cm³/mol. The van der Waals surface area contributed by atoms with Crippen molar-refractivity contribution in [3.8, 4) is 5.75 Å². The lowest BCUT2D eigenvalue weighted by atomic mass is 9.77. The maximum absolute atomic E-state index is 5.92. The van der Waals surface area contributed by atoms with Gasteiger partial charge in [-0.2, -0.15) is 0 Å². The predicted octanol–water partition coefficient (Wildman–Crippen LogP) is 8.15. The summed E-state index contributed by atoms with van der Waals surface area (Å²) in [5.74, 6) is 1.91. The first-order chi connectivity index (χ1) is 17.7. The highest BCUT2D eigenvalue weighted by atomic mass is 16.5. The fraction of sp³-hybridized carbons (Fsp3) is 0.182. The molecule has 178 valence electrons. The number of rotatable bonds is 6. The van der Waals surface area contributed by atoms with E-state index in [1.165, 1.54) is 27.9 Å². The van der Waals surface area contributed by atoms with E-state index in [1.54, 1.807) is 0 Å². The Hall–Kier alpha value is -4.11. The molecular formula is C33H30N2O. The summed E-state index contributed by atoms with van der Waals surface area (Å²) in [5, 5.41) is 3.80. The van der Waals surface area contributed by atoms with E-state index < -0.39 is 0 Å². The molecule has 0 radical (unpaired) electrons. The van der Waals surface area contributed by atoms with Crippen LogP contribution < -0.4 is 10.1 Å². The summed E-state index contributed by atoms with van der Waals surface area (Å²) in [6, 6.07) is 34.2. The first-order valence-electron chi connectivity index (χ1n) is 12.7. The molecule has 0 unspecified atom stereocenters.